The van der Waals surface area contributed by atoms with Crippen LogP contribution < -0.4 is 15.5 Å². The van der Waals surface area contributed by atoms with Crippen LogP contribution in [0.25, 0.3) is 0 Å². The first-order valence-corrected chi connectivity index (χ1v) is 7.93. The lowest BCUT2D eigenvalue weighted by molar-refractivity contribution is -0.120. The molecule has 0 radical (unpaired) electrons. The predicted octanol–water partition coefficient (Wildman–Crippen LogP) is 0.978. The zero-order valence-electron chi connectivity index (χ0n) is 14.2. The summed E-state index contributed by atoms with van der Waals surface area (Å²) in [4.78, 5) is 31.4. The van der Waals surface area contributed by atoms with E-state index in [2.05, 4.69) is 20.8 Å². The van der Waals surface area contributed by atoms with Gasteiger partial charge in [-0.3, -0.25) is 4.79 Å². The molecule has 0 atom stereocenters. The van der Waals surface area contributed by atoms with E-state index in [1.54, 1.807) is 38.4 Å². The maximum Gasteiger partial charge on any atom is 0.321 e. The third kappa shape index (κ3) is 4.25. The van der Waals surface area contributed by atoms with Crippen LogP contribution in [0.3, 0.4) is 0 Å². The van der Waals surface area contributed by atoms with Crippen LogP contribution in [0.2, 0.25) is 0 Å². The van der Waals surface area contributed by atoms with Gasteiger partial charge in [0, 0.05) is 26.2 Å². The van der Waals surface area contributed by atoms with Crippen LogP contribution >= 0.6 is 0 Å². The lowest BCUT2D eigenvalue weighted by Gasteiger charge is -2.27. The molecule has 2 aromatic heterocycles. The number of rotatable bonds is 4. The van der Waals surface area contributed by atoms with Crippen LogP contribution in [-0.2, 0) is 11.3 Å². The molecule has 0 aromatic carbocycles. The number of amides is 3. The van der Waals surface area contributed by atoms with Crippen molar-refractivity contribution in [2.24, 2.45) is 0 Å². The number of aromatic nitrogens is 2. The molecule has 25 heavy (non-hydrogen) atoms. The van der Waals surface area contributed by atoms with E-state index >= 15 is 0 Å². The number of hydrogen-bond acceptors (Lipinski definition) is 6. The number of carbonyl (C=O) groups is 2. The number of urea groups is 1. The summed E-state index contributed by atoms with van der Waals surface area (Å²) in [6, 6.07) is 5.07. The molecule has 0 bridgehead atoms. The SMILES string of the molecule is Cc1cc(CN(C)C(=O)Nc2ccc(N3CCNC(=O)C3)nc2)no1. The van der Waals surface area contributed by atoms with Gasteiger partial charge >= 0.3 is 6.03 Å². The molecule has 0 spiro atoms. The van der Waals surface area contributed by atoms with Crippen molar-refractivity contribution in [2.45, 2.75) is 13.5 Å². The zero-order chi connectivity index (χ0) is 17.8. The van der Waals surface area contributed by atoms with Gasteiger partial charge in [-0.05, 0) is 19.1 Å². The van der Waals surface area contributed by atoms with Gasteiger partial charge in [0.05, 0.1) is 25.0 Å². The van der Waals surface area contributed by atoms with Crippen LogP contribution in [0, 0.1) is 6.92 Å². The minimum absolute atomic E-state index is 0.0184. The zero-order valence-corrected chi connectivity index (χ0v) is 14.2. The van der Waals surface area contributed by atoms with Crippen LogP contribution in [-0.4, -0.2) is 53.7 Å². The molecule has 132 valence electrons. The van der Waals surface area contributed by atoms with E-state index in [-0.39, 0.29) is 11.9 Å². The van der Waals surface area contributed by atoms with Gasteiger partial charge in [0.15, 0.2) is 0 Å². The van der Waals surface area contributed by atoms with E-state index in [1.807, 2.05) is 4.90 Å². The highest BCUT2D eigenvalue weighted by Gasteiger charge is 2.17. The Morgan fingerprint density at radius 3 is 2.96 bits per heavy atom. The number of hydrogen-bond donors (Lipinski definition) is 2. The lowest BCUT2D eigenvalue weighted by Crippen LogP contribution is -2.48. The number of nitrogens with zero attached hydrogens (tertiary/aromatic N) is 4. The summed E-state index contributed by atoms with van der Waals surface area (Å²) >= 11 is 0. The van der Waals surface area contributed by atoms with Gasteiger partial charge in [-0.25, -0.2) is 9.78 Å². The number of pyridine rings is 1. The van der Waals surface area contributed by atoms with Crippen molar-refractivity contribution < 1.29 is 14.1 Å². The third-order valence-corrected chi connectivity index (χ3v) is 3.78. The van der Waals surface area contributed by atoms with Gasteiger partial charge in [-0.15, -0.1) is 0 Å². The Balaban J connectivity index is 1.57. The number of piperazine rings is 1. The molecule has 3 rings (SSSR count). The van der Waals surface area contributed by atoms with Crippen molar-refractivity contribution in [3.63, 3.8) is 0 Å². The third-order valence-electron chi connectivity index (χ3n) is 3.78. The summed E-state index contributed by atoms with van der Waals surface area (Å²) in [6.07, 6.45) is 1.58. The maximum atomic E-state index is 12.2. The Morgan fingerprint density at radius 1 is 1.48 bits per heavy atom. The average molecular weight is 344 g/mol. The molecule has 9 nitrogen and oxygen atoms in total. The molecule has 0 unspecified atom stereocenters. The predicted molar refractivity (Wildman–Crippen MR) is 91.2 cm³/mol. The Labute approximate surface area is 145 Å². The highest BCUT2D eigenvalue weighted by Crippen LogP contribution is 2.15. The van der Waals surface area contributed by atoms with Gasteiger partial charge < -0.3 is 25.0 Å². The van der Waals surface area contributed by atoms with E-state index in [9.17, 15) is 9.59 Å². The summed E-state index contributed by atoms with van der Waals surface area (Å²) in [6.45, 7) is 3.75. The van der Waals surface area contributed by atoms with Crippen molar-refractivity contribution in [2.75, 3.05) is 36.9 Å². The average Bonchev–Trinajstić information content (AvgIpc) is 3.00. The highest BCUT2D eigenvalue weighted by molar-refractivity contribution is 5.89. The molecule has 3 amide bonds. The quantitative estimate of drug-likeness (QED) is 0.857. The molecule has 1 aliphatic rings. The number of aryl methyl sites for hydroxylation is 1. The van der Waals surface area contributed by atoms with Crippen LogP contribution in [0.4, 0.5) is 16.3 Å². The normalized spacial score (nSPS) is 14.2. The molecule has 2 N–H and O–H groups in total. The highest BCUT2D eigenvalue weighted by atomic mass is 16.5. The van der Waals surface area contributed by atoms with Gasteiger partial charge in [-0.2, -0.15) is 0 Å². The Morgan fingerprint density at radius 2 is 2.32 bits per heavy atom. The van der Waals surface area contributed by atoms with Crippen molar-refractivity contribution in [3.8, 4) is 0 Å². The van der Waals surface area contributed by atoms with Gasteiger partial charge in [0.2, 0.25) is 5.91 Å². The second-order valence-electron chi connectivity index (χ2n) is 5.89. The molecule has 3 heterocycles. The van der Waals surface area contributed by atoms with Crippen LogP contribution in [0.1, 0.15) is 11.5 Å². The largest absolute Gasteiger partial charge is 0.361 e. The molecule has 0 aliphatic carbocycles. The van der Waals surface area contributed by atoms with E-state index in [0.717, 1.165) is 0 Å². The molecule has 1 saturated heterocycles. The number of anilines is 2. The van der Waals surface area contributed by atoms with Gasteiger partial charge in [0.25, 0.3) is 0 Å². The number of nitrogens with one attached hydrogen (secondary N) is 2. The monoisotopic (exact) mass is 344 g/mol. The molecular formula is C16H20N6O3. The molecule has 2 aromatic rings. The summed E-state index contributed by atoms with van der Waals surface area (Å²) in [5.41, 5.74) is 1.27. The molecule has 1 fully saturated rings. The van der Waals surface area contributed by atoms with Crippen molar-refractivity contribution in [1.29, 1.82) is 0 Å². The summed E-state index contributed by atoms with van der Waals surface area (Å²) in [5.74, 6) is 1.39. The van der Waals surface area contributed by atoms with Crippen molar-refractivity contribution >= 4 is 23.4 Å². The first-order chi connectivity index (χ1) is 12.0. The fourth-order valence-electron chi connectivity index (χ4n) is 2.51. The Bertz CT molecular complexity index is 757. The minimum Gasteiger partial charge on any atom is -0.361 e. The second-order valence-corrected chi connectivity index (χ2v) is 5.89. The first kappa shape index (κ1) is 16.7. The Kier molecular flexibility index (Phi) is 4.82. The van der Waals surface area contributed by atoms with Crippen LogP contribution in [0.15, 0.2) is 28.9 Å². The summed E-state index contributed by atoms with van der Waals surface area (Å²) in [5, 5.41) is 9.41. The lowest BCUT2D eigenvalue weighted by atomic mass is 10.3. The summed E-state index contributed by atoms with van der Waals surface area (Å²) < 4.78 is 4.99. The van der Waals surface area contributed by atoms with Gasteiger partial charge in [0.1, 0.15) is 17.3 Å². The van der Waals surface area contributed by atoms with E-state index < -0.39 is 0 Å². The van der Waals surface area contributed by atoms with Crippen molar-refractivity contribution in [3.05, 3.63) is 35.9 Å². The topological polar surface area (TPSA) is 104 Å². The fraction of sp³-hybridized carbons (Fsp3) is 0.375. The smallest absolute Gasteiger partial charge is 0.321 e. The molecule has 0 saturated carbocycles. The van der Waals surface area contributed by atoms with E-state index in [0.29, 0.717) is 49.1 Å². The fourth-order valence-corrected chi connectivity index (χ4v) is 2.51. The molecule has 1 aliphatic heterocycles. The van der Waals surface area contributed by atoms with E-state index in [4.69, 9.17) is 4.52 Å². The standard InChI is InChI=1S/C16H20N6O3/c1-11-7-13(20-25-11)9-21(2)16(24)19-12-3-4-14(18-8-12)22-6-5-17-15(23)10-22/h3-4,7-8H,5-6,9-10H2,1-2H3,(H,17,23)(H,19,24). The molecule has 9 heteroatoms. The maximum absolute atomic E-state index is 12.2. The second kappa shape index (κ2) is 7.20. The molecular weight excluding hydrogens is 324 g/mol. The summed E-state index contributed by atoms with van der Waals surface area (Å²) in [7, 11) is 1.67. The minimum atomic E-state index is -0.271. The Hall–Kier alpha value is -3.10. The van der Waals surface area contributed by atoms with E-state index in [1.165, 1.54) is 4.90 Å². The van der Waals surface area contributed by atoms with Gasteiger partial charge in [-0.1, -0.05) is 5.16 Å². The first-order valence-electron chi connectivity index (χ1n) is 7.93. The van der Waals surface area contributed by atoms with Crippen LogP contribution in [0.5, 0.6) is 0 Å². The van der Waals surface area contributed by atoms with Crippen molar-refractivity contribution in [1.82, 2.24) is 20.4 Å². The number of carbonyl (C=O) groups excluding carboxylic acids is 2.